The van der Waals surface area contributed by atoms with Crippen LogP contribution in [0.25, 0.3) is 0 Å². The predicted octanol–water partition coefficient (Wildman–Crippen LogP) is 2.05. The van der Waals surface area contributed by atoms with Crippen LogP contribution in [-0.2, 0) is 10.0 Å². The monoisotopic (exact) mass is 362 g/mol. The van der Waals surface area contributed by atoms with Crippen LogP contribution in [0.5, 0.6) is 5.75 Å². The van der Waals surface area contributed by atoms with Gasteiger partial charge in [0, 0.05) is 12.2 Å². The summed E-state index contributed by atoms with van der Waals surface area (Å²) in [7, 11) is -3.58. The van der Waals surface area contributed by atoms with Crippen LogP contribution in [0.4, 0.5) is 18.9 Å². The van der Waals surface area contributed by atoms with Crippen molar-refractivity contribution in [3.05, 3.63) is 22.7 Å². The lowest BCUT2D eigenvalue weighted by Gasteiger charge is -2.12. The largest absolute Gasteiger partial charge is 0.573 e. The van der Waals surface area contributed by atoms with Gasteiger partial charge in [-0.25, -0.2) is 13.6 Å². The molecule has 0 heterocycles. The van der Waals surface area contributed by atoms with Gasteiger partial charge in [-0.3, -0.25) is 0 Å². The summed E-state index contributed by atoms with van der Waals surface area (Å²) in [6.45, 7) is 0.0464. The Morgan fingerprint density at radius 1 is 1.37 bits per heavy atom. The number of rotatable bonds is 5. The molecule has 0 aliphatic rings. The van der Waals surface area contributed by atoms with Crippen molar-refractivity contribution >= 4 is 31.6 Å². The second-order valence-electron chi connectivity index (χ2n) is 3.49. The lowest BCUT2D eigenvalue weighted by molar-refractivity contribution is -0.274. The fourth-order valence-corrected chi connectivity index (χ4v) is 2.00. The lowest BCUT2D eigenvalue weighted by atomic mass is 10.3. The molecule has 1 rings (SSSR count). The van der Waals surface area contributed by atoms with Gasteiger partial charge in [0.15, 0.2) is 0 Å². The minimum Gasteiger partial charge on any atom is -0.405 e. The zero-order chi connectivity index (χ0) is 14.7. The molecule has 0 aliphatic heterocycles. The summed E-state index contributed by atoms with van der Waals surface area (Å²) in [5.41, 5.74) is 0.435. The van der Waals surface area contributed by atoms with Gasteiger partial charge in [0.25, 0.3) is 0 Å². The van der Waals surface area contributed by atoms with E-state index in [0.717, 1.165) is 6.07 Å². The van der Waals surface area contributed by atoms with Crippen molar-refractivity contribution in [2.75, 3.05) is 17.6 Å². The molecule has 0 unspecified atom stereocenters. The highest BCUT2D eigenvalue weighted by Crippen LogP contribution is 2.32. The van der Waals surface area contributed by atoms with E-state index in [1.54, 1.807) is 0 Å². The van der Waals surface area contributed by atoms with E-state index in [2.05, 4.69) is 26.0 Å². The topological polar surface area (TPSA) is 81.4 Å². The molecule has 10 heteroatoms. The van der Waals surface area contributed by atoms with Crippen LogP contribution in [0.1, 0.15) is 0 Å². The molecule has 0 radical (unpaired) electrons. The van der Waals surface area contributed by atoms with Gasteiger partial charge in [0.2, 0.25) is 10.0 Å². The normalized spacial score (nSPS) is 12.3. The molecule has 0 bridgehead atoms. The number of halogens is 4. The smallest absolute Gasteiger partial charge is 0.405 e. The summed E-state index contributed by atoms with van der Waals surface area (Å²) in [4.78, 5) is 0. The van der Waals surface area contributed by atoms with Crippen LogP contribution in [-0.4, -0.2) is 27.1 Å². The second kappa shape index (κ2) is 5.97. The second-order valence-corrected chi connectivity index (χ2v) is 6.08. The Bertz CT molecular complexity index is 548. The SMILES string of the molecule is NS(=O)(=O)CCNc1ccc(OC(F)(F)F)c(Br)c1. The van der Waals surface area contributed by atoms with E-state index in [0.29, 0.717) is 5.69 Å². The minimum absolute atomic E-state index is 0.0464. The Balaban J connectivity index is 2.67. The lowest BCUT2D eigenvalue weighted by Crippen LogP contribution is -2.22. The third-order valence-corrected chi connectivity index (χ3v) is 3.27. The fraction of sp³-hybridized carbons (Fsp3) is 0.333. The van der Waals surface area contributed by atoms with Gasteiger partial charge in [-0.2, -0.15) is 0 Å². The van der Waals surface area contributed by atoms with E-state index in [-0.39, 0.29) is 22.5 Å². The van der Waals surface area contributed by atoms with Gasteiger partial charge >= 0.3 is 6.36 Å². The molecule has 0 aliphatic carbocycles. The number of primary sulfonamides is 1. The highest BCUT2D eigenvalue weighted by atomic mass is 79.9. The Morgan fingerprint density at radius 3 is 2.47 bits per heavy atom. The fourth-order valence-electron chi connectivity index (χ4n) is 1.16. The Hall–Kier alpha value is -1.00. The van der Waals surface area contributed by atoms with Crippen molar-refractivity contribution < 1.29 is 26.3 Å². The molecule has 0 spiro atoms. The molecule has 0 amide bonds. The van der Waals surface area contributed by atoms with E-state index in [4.69, 9.17) is 5.14 Å². The van der Waals surface area contributed by atoms with Crippen LogP contribution in [0.3, 0.4) is 0 Å². The summed E-state index contributed by atoms with van der Waals surface area (Å²) in [6, 6.07) is 3.77. The standard InChI is InChI=1S/C9H10BrF3N2O3S/c10-7-5-6(15-3-4-19(14,16)17)1-2-8(7)18-9(11,12)13/h1-2,5,15H,3-4H2,(H2,14,16,17). The Labute approximate surface area is 116 Å². The third-order valence-electron chi connectivity index (χ3n) is 1.87. The van der Waals surface area contributed by atoms with E-state index in [1.165, 1.54) is 12.1 Å². The first-order valence-corrected chi connectivity index (χ1v) is 7.37. The van der Waals surface area contributed by atoms with E-state index in [1.807, 2.05) is 0 Å². The molecule has 5 nitrogen and oxygen atoms in total. The van der Waals surface area contributed by atoms with Crippen molar-refractivity contribution in [3.63, 3.8) is 0 Å². The number of sulfonamides is 1. The zero-order valence-corrected chi connectivity index (χ0v) is 11.8. The first kappa shape index (κ1) is 16.1. The molecule has 1 aromatic carbocycles. The molecular formula is C9H10BrF3N2O3S. The van der Waals surface area contributed by atoms with Crippen molar-refractivity contribution in [1.29, 1.82) is 0 Å². The molecule has 0 aromatic heterocycles. The summed E-state index contributed by atoms with van der Waals surface area (Å²) in [5, 5.41) is 7.51. The van der Waals surface area contributed by atoms with Gasteiger partial charge in [0.05, 0.1) is 10.2 Å². The molecule has 108 valence electrons. The van der Waals surface area contributed by atoms with Gasteiger partial charge in [0.1, 0.15) is 5.75 Å². The average molecular weight is 363 g/mol. The maximum Gasteiger partial charge on any atom is 0.573 e. The summed E-state index contributed by atoms with van der Waals surface area (Å²) in [5.74, 6) is -0.671. The third kappa shape index (κ3) is 6.64. The van der Waals surface area contributed by atoms with Crippen LogP contribution in [0.2, 0.25) is 0 Å². The highest BCUT2D eigenvalue weighted by molar-refractivity contribution is 9.10. The van der Waals surface area contributed by atoms with E-state index < -0.39 is 16.4 Å². The Kier molecular flexibility index (Phi) is 5.04. The van der Waals surface area contributed by atoms with Crippen molar-refractivity contribution in [1.82, 2.24) is 0 Å². The van der Waals surface area contributed by atoms with Crippen molar-refractivity contribution in [3.8, 4) is 5.75 Å². The van der Waals surface area contributed by atoms with Crippen LogP contribution in [0, 0.1) is 0 Å². The molecule has 0 atom stereocenters. The van der Waals surface area contributed by atoms with Gasteiger partial charge in [-0.1, -0.05) is 0 Å². The number of hydrogen-bond acceptors (Lipinski definition) is 4. The number of hydrogen-bond donors (Lipinski definition) is 2. The molecule has 0 fully saturated rings. The molecule has 0 saturated carbocycles. The molecule has 1 aromatic rings. The first-order valence-electron chi connectivity index (χ1n) is 4.86. The maximum absolute atomic E-state index is 12.0. The van der Waals surface area contributed by atoms with Crippen molar-refractivity contribution in [2.24, 2.45) is 5.14 Å². The average Bonchev–Trinajstić information content (AvgIpc) is 2.18. The number of benzene rings is 1. The number of ether oxygens (including phenoxy) is 1. The highest BCUT2D eigenvalue weighted by Gasteiger charge is 2.31. The molecule has 3 N–H and O–H groups in total. The summed E-state index contributed by atoms with van der Waals surface area (Å²) < 4.78 is 61.3. The van der Waals surface area contributed by atoms with Crippen LogP contribution >= 0.6 is 15.9 Å². The van der Waals surface area contributed by atoms with Crippen molar-refractivity contribution in [2.45, 2.75) is 6.36 Å². The number of anilines is 1. The van der Waals surface area contributed by atoms with Gasteiger partial charge in [-0.15, -0.1) is 13.2 Å². The van der Waals surface area contributed by atoms with Gasteiger partial charge < -0.3 is 10.1 Å². The summed E-state index contributed by atoms with van der Waals surface area (Å²) in [6.07, 6.45) is -4.77. The quantitative estimate of drug-likeness (QED) is 0.839. The van der Waals surface area contributed by atoms with E-state index >= 15 is 0 Å². The maximum atomic E-state index is 12.0. The molecule has 0 saturated heterocycles. The van der Waals surface area contributed by atoms with Gasteiger partial charge in [-0.05, 0) is 34.1 Å². The number of nitrogens with two attached hydrogens (primary N) is 1. The number of nitrogens with one attached hydrogen (secondary N) is 1. The Morgan fingerprint density at radius 2 is 2.00 bits per heavy atom. The van der Waals surface area contributed by atoms with E-state index in [9.17, 15) is 21.6 Å². The molecule has 19 heavy (non-hydrogen) atoms. The first-order chi connectivity index (χ1) is 8.57. The number of alkyl halides is 3. The predicted molar refractivity (Wildman–Crippen MR) is 67.3 cm³/mol. The summed E-state index contributed by atoms with van der Waals surface area (Å²) >= 11 is 2.92. The minimum atomic E-state index is -4.77. The molecular weight excluding hydrogens is 353 g/mol. The van der Waals surface area contributed by atoms with Crippen LogP contribution in [0.15, 0.2) is 22.7 Å². The zero-order valence-electron chi connectivity index (χ0n) is 9.37. The van der Waals surface area contributed by atoms with Crippen LogP contribution < -0.4 is 15.2 Å².